The molecule has 0 bridgehead atoms. The van der Waals surface area contributed by atoms with Gasteiger partial charge in [0.25, 0.3) is 0 Å². The van der Waals surface area contributed by atoms with Crippen LogP contribution in [0.2, 0.25) is 0 Å². The number of nitrogens with one attached hydrogen (secondary N) is 1. The summed E-state index contributed by atoms with van der Waals surface area (Å²) in [6, 6.07) is 8.04. The zero-order valence-corrected chi connectivity index (χ0v) is 14.7. The average molecular weight is 350 g/mol. The van der Waals surface area contributed by atoms with Gasteiger partial charge in [-0.25, -0.2) is 4.98 Å². The molecule has 1 saturated carbocycles. The van der Waals surface area contributed by atoms with E-state index in [9.17, 15) is 4.79 Å². The molecule has 3 N–H and O–H groups in total. The van der Waals surface area contributed by atoms with Crippen molar-refractivity contribution in [2.24, 2.45) is 5.73 Å². The van der Waals surface area contributed by atoms with Crippen molar-refractivity contribution in [1.29, 1.82) is 0 Å². The van der Waals surface area contributed by atoms with Crippen molar-refractivity contribution in [3.63, 3.8) is 0 Å². The largest absolute Gasteiger partial charge is 0.444 e. The maximum Gasteiger partial charge on any atom is 0.240 e. The quantitative estimate of drug-likeness (QED) is 0.869. The molecule has 1 aromatic carbocycles. The molecule has 0 atom stereocenters. The molecule has 5 nitrogen and oxygen atoms in total. The second-order valence-electron chi connectivity index (χ2n) is 6.38. The van der Waals surface area contributed by atoms with Crippen LogP contribution in [0.5, 0.6) is 0 Å². The SMILES string of the molecule is Cc1ccc(-c2nc(CCNC(=O)C3(N)CCCC3)co2)cc1.Cl. The van der Waals surface area contributed by atoms with Crippen molar-refractivity contribution in [2.75, 3.05) is 6.54 Å². The fourth-order valence-corrected chi connectivity index (χ4v) is 2.96. The maximum atomic E-state index is 12.1. The van der Waals surface area contributed by atoms with Gasteiger partial charge in [-0.15, -0.1) is 12.4 Å². The number of hydrogen-bond acceptors (Lipinski definition) is 4. The Hall–Kier alpha value is -1.85. The van der Waals surface area contributed by atoms with Gasteiger partial charge in [0.15, 0.2) is 0 Å². The van der Waals surface area contributed by atoms with Crippen molar-refractivity contribution >= 4 is 18.3 Å². The molecular formula is C18H24ClN3O2. The van der Waals surface area contributed by atoms with Crippen LogP contribution in [0.3, 0.4) is 0 Å². The predicted molar refractivity (Wildman–Crippen MR) is 96.0 cm³/mol. The molecule has 1 aromatic heterocycles. The lowest BCUT2D eigenvalue weighted by Crippen LogP contribution is -2.52. The highest BCUT2D eigenvalue weighted by molar-refractivity contribution is 5.86. The molecular weight excluding hydrogens is 326 g/mol. The smallest absolute Gasteiger partial charge is 0.240 e. The van der Waals surface area contributed by atoms with Crippen molar-refractivity contribution in [2.45, 2.75) is 44.6 Å². The summed E-state index contributed by atoms with van der Waals surface area (Å²) in [5, 5.41) is 2.92. The molecule has 1 amide bonds. The van der Waals surface area contributed by atoms with Crippen molar-refractivity contribution in [1.82, 2.24) is 10.3 Å². The number of nitrogens with zero attached hydrogens (tertiary/aromatic N) is 1. The summed E-state index contributed by atoms with van der Waals surface area (Å²) in [5.41, 5.74) is 8.45. The summed E-state index contributed by atoms with van der Waals surface area (Å²) < 4.78 is 5.52. The van der Waals surface area contributed by atoms with Crippen LogP contribution in [0.1, 0.15) is 36.9 Å². The Morgan fingerprint density at radius 2 is 1.96 bits per heavy atom. The van der Waals surface area contributed by atoms with E-state index in [1.807, 2.05) is 31.2 Å². The van der Waals surface area contributed by atoms with Gasteiger partial charge in [-0.2, -0.15) is 0 Å². The van der Waals surface area contributed by atoms with E-state index in [2.05, 4.69) is 10.3 Å². The molecule has 2 aromatic rings. The molecule has 0 unspecified atom stereocenters. The van der Waals surface area contributed by atoms with Crippen LogP contribution in [-0.2, 0) is 11.2 Å². The maximum absolute atomic E-state index is 12.1. The summed E-state index contributed by atoms with van der Waals surface area (Å²) in [6.45, 7) is 2.57. The van der Waals surface area contributed by atoms with E-state index in [1.165, 1.54) is 5.56 Å². The topological polar surface area (TPSA) is 81.2 Å². The van der Waals surface area contributed by atoms with Crippen LogP contribution in [0.25, 0.3) is 11.5 Å². The monoisotopic (exact) mass is 349 g/mol. The second kappa shape index (κ2) is 7.81. The molecule has 1 heterocycles. The fourth-order valence-electron chi connectivity index (χ4n) is 2.96. The van der Waals surface area contributed by atoms with Gasteiger partial charge >= 0.3 is 0 Å². The first-order chi connectivity index (χ1) is 11.1. The summed E-state index contributed by atoms with van der Waals surface area (Å²) >= 11 is 0. The highest BCUT2D eigenvalue weighted by Crippen LogP contribution is 2.27. The third-order valence-corrected chi connectivity index (χ3v) is 4.46. The molecule has 1 aliphatic rings. The number of halogens is 1. The van der Waals surface area contributed by atoms with E-state index in [-0.39, 0.29) is 18.3 Å². The standard InChI is InChI=1S/C18H23N3O2.ClH/c1-13-4-6-14(7-5-13)16-21-15(12-23-16)8-11-20-17(22)18(19)9-2-3-10-18;/h4-7,12H,2-3,8-11,19H2,1H3,(H,20,22);1H. The molecule has 0 aliphatic heterocycles. The van der Waals surface area contributed by atoms with Crippen molar-refractivity contribution in [3.8, 4) is 11.5 Å². The van der Waals surface area contributed by atoms with E-state index >= 15 is 0 Å². The summed E-state index contributed by atoms with van der Waals surface area (Å²) in [7, 11) is 0. The Bertz CT molecular complexity index is 676. The molecule has 6 heteroatoms. The Kier molecular flexibility index (Phi) is 6.02. The molecule has 0 spiro atoms. The lowest BCUT2D eigenvalue weighted by Gasteiger charge is -2.21. The van der Waals surface area contributed by atoms with E-state index in [0.29, 0.717) is 18.9 Å². The number of amides is 1. The Morgan fingerprint density at radius 1 is 1.29 bits per heavy atom. The molecule has 0 radical (unpaired) electrons. The summed E-state index contributed by atoms with van der Waals surface area (Å²) in [6.07, 6.45) is 5.91. The molecule has 0 saturated heterocycles. The number of oxazole rings is 1. The van der Waals surface area contributed by atoms with Crippen LogP contribution >= 0.6 is 12.4 Å². The minimum atomic E-state index is -0.670. The van der Waals surface area contributed by atoms with Gasteiger partial charge in [-0.3, -0.25) is 4.79 Å². The number of nitrogens with two attached hydrogens (primary N) is 1. The molecule has 3 rings (SSSR count). The van der Waals surface area contributed by atoms with Crippen LogP contribution in [-0.4, -0.2) is 23.0 Å². The minimum absolute atomic E-state index is 0. The number of aromatic nitrogens is 1. The molecule has 24 heavy (non-hydrogen) atoms. The third kappa shape index (κ3) is 4.16. The van der Waals surface area contributed by atoms with Crippen LogP contribution in [0, 0.1) is 6.92 Å². The van der Waals surface area contributed by atoms with Crippen molar-refractivity contribution < 1.29 is 9.21 Å². The number of carbonyl (C=O) groups excluding carboxylic acids is 1. The first kappa shape index (κ1) is 18.5. The number of aryl methyl sites for hydroxylation is 1. The average Bonchev–Trinajstić information content (AvgIpc) is 3.18. The first-order valence-electron chi connectivity index (χ1n) is 8.15. The molecule has 1 fully saturated rings. The Morgan fingerprint density at radius 3 is 2.62 bits per heavy atom. The summed E-state index contributed by atoms with van der Waals surface area (Å²) in [4.78, 5) is 16.6. The highest BCUT2D eigenvalue weighted by atomic mass is 35.5. The van der Waals surface area contributed by atoms with Crippen LogP contribution in [0.4, 0.5) is 0 Å². The van der Waals surface area contributed by atoms with Gasteiger partial charge in [-0.1, -0.05) is 30.5 Å². The lowest BCUT2D eigenvalue weighted by molar-refractivity contribution is -0.126. The van der Waals surface area contributed by atoms with E-state index in [4.69, 9.17) is 10.2 Å². The molecule has 130 valence electrons. The van der Waals surface area contributed by atoms with Gasteiger partial charge < -0.3 is 15.5 Å². The number of carbonyl (C=O) groups is 1. The minimum Gasteiger partial charge on any atom is -0.444 e. The Balaban J connectivity index is 0.00000208. The van der Waals surface area contributed by atoms with Gasteiger partial charge in [0.05, 0.1) is 11.2 Å². The Labute approximate surface area is 148 Å². The first-order valence-corrected chi connectivity index (χ1v) is 8.15. The normalized spacial score (nSPS) is 15.8. The third-order valence-electron chi connectivity index (χ3n) is 4.46. The number of hydrogen-bond donors (Lipinski definition) is 2. The van der Waals surface area contributed by atoms with Gasteiger partial charge in [0.1, 0.15) is 6.26 Å². The summed E-state index contributed by atoms with van der Waals surface area (Å²) in [5.74, 6) is 0.565. The number of benzene rings is 1. The highest BCUT2D eigenvalue weighted by Gasteiger charge is 2.36. The predicted octanol–water partition coefficient (Wildman–Crippen LogP) is 3.00. The zero-order valence-electron chi connectivity index (χ0n) is 13.9. The van der Waals surface area contributed by atoms with Crippen molar-refractivity contribution in [3.05, 3.63) is 41.8 Å². The van der Waals surface area contributed by atoms with E-state index < -0.39 is 5.54 Å². The zero-order chi connectivity index (χ0) is 16.3. The van der Waals surface area contributed by atoms with E-state index in [0.717, 1.165) is 36.9 Å². The fraction of sp³-hybridized carbons (Fsp3) is 0.444. The van der Waals surface area contributed by atoms with Crippen LogP contribution in [0.15, 0.2) is 34.9 Å². The van der Waals surface area contributed by atoms with Gasteiger partial charge in [0, 0.05) is 18.5 Å². The second-order valence-corrected chi connectivity index (χ2v) is 6.38. The van der Waals surface area contributed by atoms with Crippen LogP contribution < -0.4 is 11.1 Å². The van der Waals surface area contributed by atoms with E-state index in [1.54, 1.807) is 6.26 Å². The number of rotatable bonds is 5. The lowest BCUT2D eigenvalue weighted by atomic mass is 9.98. The van der Waals surface area contributed by atoms with Gasteiger partial charge in [0.2, 0.25) is 11.8 Å². The molecule has 1 aliphatic carbocycles. The van der Waals surface area contributed by atoms with Gasteiger partial charge in [-0.05, 0) is 31.9 Å².